The van der Waals surface area contributed by atoms with Crippen LogP contribution in [0.5, 0.6) is 0 Å². The van der Waals surface area contributed by atoms with Gasteiger partial charge in [-0.2, -0.15) is 0 Å². The SMILES string of the molecule is CCC(C)NC(=O)c1ccc(NC(=O)N(CCO)Cc2ccccc2)c(C)c1. The lowest BCUT2D eigenvalue weighted by molar-refractivity contribution is 0.0939. The zero-order chi connectivity index (χ0) is 20.5. The van der Waals surface area contributed by atoms with Crippen LogP contribution in [0.2, 0.25) is 0 Å². The largest absolute Gasteiger partial charge is 0.395 e. The van der Waals surface area contributed by atoms with Gasteiger partial charge < -0.3 is 20.6 Å². The van der Waals surface area contributed by atoms with E-state index in [0.29, 0.717) is 17.8 Å². The van der Waals surface area contributed by atoms with Gasteiger partial charge in [0.1, 0.15) is 0 Å². The molecule has 0 aliphatic carbocycles. The van der Waals surface area contributed by atoms with E-state index in [2.05, 4.69) is 10.6 Å². The molecule has 1 atom stereocenters. The number of aliphatic hydroxyl groups is 1. The van der Waals surface area contributed by atoms with Crippen LogP contribution in [-0.4, -0.2) is 41.1 Å². The summed E-state index contributed by atoms with van der Waals surface area (Å²) in [6.07, 6.45) is 0.862. The van der Waals surface area contributed by atoms with E-state index >= 15 is 0 Å². The molecule has 0 radical (unpaired) electrons. The first kappa shape index (κ1) is 21.4. The third-order valence-corrected chi connectivity index (χ3v) is 4.59. The van der Waals surface area contributed by atoms with Gasteiger partial charge in [-0.3, -0.25) is 4.79 Å². The Labute approximate surface area is 166 Å². The van der Waals surface area contributed by atoms with Gasteiger partial charge in [0.2, 0.25) is 0 Å². The first-order valence-electron chi connectivity index (χ1n) is 9.56. The minimum absolute atomic E-state index is 0.109. The highest BCUT2D eigenvalue weighted by Crippen LogP contribution is 2.18. The fourth-order valence-corrected chi connectivity index (χ4v) is 2.73. The number of urea groups is 1. The summed E-state index contributed by atoms with van der Waals surface area (Å²) >= 11 is 0. The number of aliphatic hydroxyl groups excluding tert-OH is 1. The summed E-state index contributed by atoms with van der Waals surface area (Å²) in [6, 6.07) is 14.6. The number of nitrogens with zero attached hydrogens (tertiary/aromatic N) is 1. The molecule has 6 nitrogen and oxygen atoms in total. The van der Waals surface area contributed by atoms with Crippen molar-refractivity contribution in [2.24, 2.45) is 0 Å². The maximum atomic E-state index is 12.7. The first-order chi connectivity index (χ1) is 13.4. The van der Waals surface area contributed by atoms with Crippen molar-refractivity contribution in [2.45, 2.75) is 39.8 Å². The number of anilines is 1. The second kappa shape index (κ2) is 10.5. The molecule has 1 unspecified atom stereocenters. The standard InChI is InChI=1S/C22H29N3O3/c1-4-17(3)23-21(27)19-10-11-20(16(2)14-19)24-22(28)25(12-13-26)15-18-8-6-5-7-9-18/h5-11,14,17,26H,4,12-13,15H2,1-3H3,(H,23,27)(H,24,28). The normalized spacial score (nSPS) is 11.6. The topological polar surface area (TPSA) is 81.7 Å². The van der Waals surface area contributed by atoms with E-state index in [9.17, 15) is 14.7 Å². The van der Waals surface area contributed by atoms with Gasteiger partial charge in [0.05, 0.1) is 6.61 Å². The Bertz CT molecular complexity index is 793. The van der Waals surface area contributed by atoms with Crippen LogP contribution in [0.3, 0.4) is 0 Å². The number of carbonyl (C=O) groups excluding carboxylic acids is 2. The van der Waals surface area contributed by atoms with Crippen molar-refractivity contribution in [3.8, 4) is 0 Å². The van der Waals surface area contributed by atoms with Crippen LogP contribution in [0.4, 0.5) is 10.5 Å². The van der Waals surface area contributed by atoms with E-state index in [1.165, 1.54) is 0 Å². The average molecular weight is 383 g/mol. The number of aryl methyl sites for hydroxylation is 1. The molecule has 0 heterocycles. The first-order valence-corrected chi connectivity index (χ1v) is 9.56. The molecule has 2 aromatic rings. The number of rotatable bonds is 8. The summed E-state index contributed by atoms with van der Waals surface area (Å²) in [6.45, 7) is 6.35. The molecule has 2 aromatic carbocycles. The molecule has 0 saturated carbocycles. The summed E-state index contributed by atoms with van der Waals surface area (Å²) in [5.41, 5.74) is 2.99. The molecular weight excluding hydrogens is 354 g/mol. The van der Waals surface area contributed by atoms with Crippen LogP contribution >= 0.6 is 0 Å². The minimum Gasteiger partial charge on any atom is -0.395 e. The quantitative estimate of drug-likeness (QED) is 0.652. The van der Waals surface area contributed by atoms with Crippen molar-refractivity contribution in [1.82, 2.24) is 10.2 Å². The lowest BCUT2D eigenvalue weighted by atomic mass is 10.1. The summed E-state index contributed by atoms with van der Waals surface area (Å²) < 4.78 is 0. The molecule has 6 heteroatoms. The predicted octanol–water partition coefficient (Wildman–Crippen LogP) is 3.55. The Kier molecular flexibility index (Phi) is 8.02. The second-order valence-electron chi connectivity index (χ2n) is 6.87. The highest BCUT2D eigenvalue weighted by Gasteiger charge is 2.16. The Morgan fingerprint density at radius 2 is 1.86 bits per heavy atom. The van der Waals surface area contributed by atoms with Crippen LogP contribution in [-0.2, 0) is 6.54 Å². The van der Waals surface area contributed by atoms with Gasteiger partial charge in [-0.1, -0.05) is 37.3 Å². The Morgan fingerprint density at radius 3 is 2.46 bits per heavy atom. The molecule has 3 amide bonds. The van der Waals surface area contributed by atoms with E-state index in [1.807, 2.05) is 51.1 Å². The maximum Gasteiger partial charge on any atom is 0.322 e. The Morgan fingerprint density at radius 1 is 1.14 bits per heavy atom. The molecule has 0 aliphatic rings. The van der Waals surface area contributed by atoms with Gasteiger partial charge in [-0.25, -0.2) is 4.79 Å². The van der Waals surface area contributed by atoms with Crippen molar-refractivity contribution < 1.29 is 14.7 Å². The van der Waals surface area contributed by atoms with Gasteiger partial charge in [0.15, 0.2) is 0 Å². The highest BCUT2D eigenvalue weighted by molar-refractivity contribution is 5.96. The van der Waals surface area contributed by atoms with E-state index in [0.717, 1.165) is 17.5 Å². The van der Waals surface area contributed by atoms with Crippen LogP contribution < -0.4 is 10.6 Å². The van der Waals surface area contributed by atoms with Gasteiger partial charge in [-0.15, -0.1) is 0 Å². The molecule has 0 aromatic heterocycles. The molecule has 28 heavy (non-hydrogen) atoms. The van der Waals surface area contributed by atoms with E-state index in [4.69, 9.17) is 0 Å². The number of hydrogen-bond acceptors (Lipinski definition) is 3. The molecule has 0 fully saturated rings. The summed E-state index contributed by atoms with van der Waals surface area (Å²) in [5, 5.41) is 15.1. The van der Waals surface area contributed by atoms with Crippen molar-refractivity contribution in [2.75, 3.05) is 18.5 Å². The lowest BCUT2D eigenvalue weighted by Gasteiger charge is -2.23. The van der Waals surface area contributed by atoms with Crippen LogP contribution in [0.15, 0.2) is 48.5 Å². The number of hydrogen-bond donors (Lipinski definition) is 3. The summed E-state index contributed by atoms with van der Waals surface area (Å²) in [7, 11) is 0. The van der Waals surface area contributed by atoms with Gasteiger partial charge in [-0.05, 0) is 49.6 Å². The highest BCUT2D eigenvalue weighted by atomic mass is 16.3. The molecular formula is C22H29N3O3. The van der Waals surface area contributed by atoms with E-state index < -0.39 is 0 Å². The monoisotopic (exact) mass is 383 g/mol. The maximum absolute atomic E-state index is 12.7. The third kappa shape index (κ3) is 6.09. The minimum atomic E-state index is -0.294. The lowest BCUT2D eigenvalue weighted by Crippen LogP contribution is -2.36. The Hall–Kier alpha value is -2.86. The van der Waals surface area contributed by atoms with Crippen molar-refractivity contribution in [1.29, 1.82) is 0 Å². The predicted molar refractivity (Wildman–Crippen MR) is 111 cm³/mol. The third-order valence-electron chi connectivity index (χ3n) is 4.59. The Balaban J connectivity index is 2.07. The molecule has 0 aliphatic heterocycles. The second-order valence-corrected chi connectivity index (χ2v) is 6.87. The van der Waals surface area contributed by atoms with Crippen LogP contribution in [0, 0.1) is 6.92 Å². The molecule has 0 spiro atoms. The van der Waals surface area contributed by atoms with E-state index in [1.54, 1.807) is 23.1 Å². The zero-order valence-corrected chi connectivity index (χ0v) is 16.7. The van der Waals surface area contributed by atoms with Crippen molar-refractivity contribution in [3.05, 3.63) is 65.2 Å². The summed E-state index contributed by atoms with van der Waals surface area (Å²) in [5.74, 6) is -0.124. The van der Waals surface area contributed by atoms with Crippen LogP contribution in [0.1, 0.15) is 41.8 Å². The van der Waals surface area contributed by atoms with Gasteiger partial charge in [0, 0.05) is 30.4 Å². The number of amides is 3. The fourth-order valence-electron chi connectivity index (χ4n) is 2.73. The molecule has 0 saturated heterocycles. The number of carbonyl (C=O) groups is 2. The van der Waals surface area contributed by atoms with Gasteiger partial charge >= 0.3 is 6.03 Å². The van der Waals surface area contributed by atoms with Crippen molar-refractivity contribution in [3.63, 3.8) is 0 Å². The smallest absolute Gasteiger partial charge is 0.322 e. The molecule has 150 valence electrons. The van der Waals surface area contributed by atoms with Crippen LogP contribution in [0.25, 0.3) is 0 Å². The molecule has 0 bridgehead atoms. The van der Waals surface area contributed by atoms with E-state index in [-0.39, 0.29) is 31.1 Å². The fraction of sp³-hybridized carbons (Fsp3) is 0.364. The number of nitrogens with one attached hydrogen (secondary N) is 2. The average Bonchev–Trinajstić information content (AvgIpc) is 2.69. The molecule has 2 rings (SSSR count). The summed E-state index contributed by atoms with van der Waals surface area (Å²) in [4.78, 5) is 26.5. The zero-order valence-electron chi connectivity index (χ0n) is 16.7. The molecule has 3 N–H and O–H groups in total. The van der Waals surface area contributed by atoms with Gasteiger partial charge in [0.25, 0.3) is 5.91 Å². The number of benzene rings is 2. The van der Waals surface area contributed by atoms with Crippen molar-refractivity contribution >= 4 is 17.6 Å².